The largest absolute Gasteiger partial charge is 0.376 e. The first kappa shape index (κ1) is 14.5. The van der Waals surface area contributed by atoms with Crippen molar-refractivity contribution >= 4 is 23.3 Å². The molecule has 3 aliphatic heterocycles. The average Bonchev–Trinajstić information content (AvgIpc) is 3.19. The highest BCUT2D eigenvalue weighted by Gasteiger charge is 2.31. The van der Waals surface area contributed by atoms with Gasteiger partial charge in [0.25, 0.3) is 0 Å². The summed E-state index contributed by atoms with van der Waals surface area (Å²) < 4.78 is 5.50. The van der Waals surface area contributed by atoms with Gasteiger partial charge >= 0.3 is 6.03 Å². The summed E-state index contributed by atoms with van der Waals surface area (Å²) in [7, 11) is 0. The summed E-state index contributed by atoms with van der Waals surface area (Å²) in [6, 6.07) is 3.78. The Labute approximate surface area is 135 Å². The Morgan fingerprint density at radius 1 is 1.26 bits per heavy atom. The topological polar surface area (TPSA) is 70.7 Å². The van der Waals surface area contributed by atoms with Crippen LogP contribution in [0.25, 0.3) is 0 Å². The monoisotopic (exact) mass is 315 g/mol. The number of aryl methyl sites for hydroxylation is 1. The van der Waals surface area contributed by atoms with Crippen molar-refractivity contribution < 1.29 is 14.3 Å². The number of amides is 3. The van der Waals surface area contributed by atoms with E-state index < -0.39 is 0 Å². The van der Waals surface area contributed by atoms with Crippen molar-refractivity contribution in [2.75, 3.05) is 29.9 Å². The number of nitrogens with one attached hydrogen (secondary N) is 2. The molecule has 1 fully saturated rings. The van der Waals surface area contributed by atoms with E-state index in [1.165, 1.54) is 0 Å². The molecule has 3 aliphatic rings. The van der Waals surface area contributed by atoms with Crippen molar-refractivity contribution in [1.82, 2.24) is 5.32 Å². The highest BCUT2D eigenvalue weighted by Crippen LogP contribution is 2.38. The van der Waals surface area contributed by atoms with Crippen LogP contribution in [0, 0.1) is 0 Å². The van der Waals surface area contributed by atoms with Gasteiger partial charge in [0, 0.05) is 31.8 Å². The molecule has 3 heterocycles. The maximum atomic E-state index is 12.1. The van der Waals surface area contributed by atoms with Crippen molar-refractivity contribution in [3.63, 3.8) is 0 Å². The van der Waals surface area contributed by atoms with Gasteiger partial charge in [0.1, 0.15) is 0 Å². The standard InChI is InChI=1S/C17H21N3O3/c21-15-4-3-11-8-13(9-12-5-6-20(15)16(11)12)19-17(22)18-10-14-2-1-7-23-14/h8-9,14H,1-7,10H2,(H2,18,19,22)/t14-/m1/s1. The lowest BCUT2D eigenvalue weighted by atomic mass is 9.98. The van der Waals surface area contributed by atoms with E-state index in [1.54, 1.807) is 0 Å². The molecule has 6 nitrogen and oxygen atoms in total. The van der Waals surface area contributed by atoms with Crippen LogP contribution >= 0.6 is 0 Å². The van der Waals surface area contributed by atoms with E-state index in [2.05, 4.69) is 10.6 Å². The second-order valence-electron chi connectivity index (χ2n) is 6.41. The van der Waals surface area contributed by atoms with E-state index in [4.69, 9.17) is 4.74 Å². The van der Waals surface area contributed by atoms with Gasteiger partial charge in [-0.2, -0.15) is 0 Å². The predicted octanol–water partition coefficient (Wildman–Crippen LogP) is 1.82. The van der Waals surface area contributed by atoms with Crippen molar-refractivity contribution in [1.29, 1.82) is 0 Å². The zero-order valence-corrected chi connectivity index (χ0v) is 13.1. The van der Waals surface area contributed by atoms with Crippen molar-refractivity contribution in [2.24, 2.45) is 0 Å². The lowest BCUT2D eigenvalue weighted by Crippen LogP contribution is -2.35. The van der Waals surface area contributed by atoms with Crippen LogP contribution in [0.15, 0.2) is 12.1 Å². The Morgan fingerprint density at radius 2 is 2.09 bits per heavy atom. The third-order valence-electron chi connectivity index (χ3n) is 4.82. The molecule has 122 valence electrons. The SMILES string of the molecule is O=C(NC[C@H]1CCCO1)Nc1cc2c3c(c1)CCN3C(=O)CC2. The number of hydrogen-bond donors (Lipinski definition) is 2. The van der Waals surface area contributed by atoms with Crippen LogP contribution in [0.4, 0.5) is 16.2 Å². The van der Waals surface area contributed by atoms with Crippen LogP contribution in [0.3, 0.4) is 0 Å². The van der Waals surface area contributed by atoms with E-state index in [1.807, 2.05) is 17.0 Å². The van der Waals surface area contributed by atoms with E-state index in [-0.39, 0.29) is 18.0 Å². The molecule has 23 heavy (non-hydrogen) atoms. The number of anilines is 2. The molecule has 0 saturated carbocycles. The van der Waals surface area contributed by atoms with Gasteiger partial charge in [-0.1, -0.05) is 0 Å². The Bertz CT molecular complexity index is 653. The van der Waals surface area contributed by atoms with Gasteiger partial charge in [-0.3, -0.25) is 4.79 Å². The summed E-state index contributed by atoms with van der Waals surface area (Å²) in [6.45, 7) is 2.10. The van der Waals surface area contributed by atoms with Crippen LogP contribution in [0.2, 0.25) is 0 Å². The van der Waals surface area contributed by atoms with Crippen LogP contribution < -0.4 is 15.5 Å². The Balaban J connectivity index is 1.44. The fraction of sp³-hybridized carbons (Fsp3) is 0.529. The van der Waals surface area contributed by atoms with E-state index in [0.29, 0.717) is 13.0 Å². The van der Waals surface area contributed by atoms with Gasteiger partial charge in [0.2, 0.25) is 5.91 Å². The summed E-state index contributed by atoms with van der Waals surface area (Å²) in [5.74, 6) is 0.214. The minimum atomic E-state index is -0.200. The number of hydrogen-bond acceptors (Lipinski definition) is 3. The molecule has 3 amide bonds. The summed E-state index contributed by atoms with van der Waals surface area (Å²) in [5, 5.41) is 5.78. The van der Waals surface area contributed by atoms with Gasteiger partial charge in [0.15, 0.2) is 0 Å². The first-order valence-corrected chi connectivity index (χ1v) is 8.33. The maximum Gasteiger partial charge on any atom is 0.319 e. The van der Waals surface area contributed by atoms with E-state index in [9.17, 15) is 9.59 Å². The first-order valence-electron chi connectivity index (χ1n) is 8.33. The maximum absolute atomic E-state index is 12.1. The Kier molecular flexibility index (Phi) is 3.69. The van der Waals surface area contributed by atoms with E-state index >= 15 is 0 Å². The zero-order valence-electron chi connectivity index (χ0n) is 13.1. The number of benzene rings is 1. The molecule has 0 aromatic heterocycles. The number of nitrogens with zero attached hydrogens (tertiary/aromatic N) is 1. The quantitative estimate of drug-likeness (QED) is 0.894. The van der Waals surface area contributed by atoms with Gasteiger partial charge in [-0.05, 0) is 48.9 Å². The van der Waals surface area contributed by atoms with Gasteiger partial charge < -0.3 is 20.3 Å². The third-order valence-corrected chi connectivity index (χ3v) is 4.82. The highest BCUT2D eigenvalue weighted by molar-refractivity contribution is 6.00. The molecular formula is C17H21N3O3. The molecule has 6 heteroatoms. The van der Waals surface area contributed by atoms with Gasteiger partial charge in [-0.15, -0.1) is 0 Å². The summed E-state index contributed by atoms with van der Waals surface area (Å²) in [4.78, 5) is 25.9. The molecule has 0 radical (unpaired) electrons. The zero-order chi connectivity index (χ0) is 15.8. The number of ether oxygens (including phenoxy) is 1. The van der Waals surface area contributed by atoms with Crippen molar-refractivity contribution in [3.05, 3.63) is 23.3 Å². The Hall–Kier alpha value is -2.08. The van der Waals surface area contributed by atoms with Crippen LogP contribution in [-0.4, -0.2) is 37.7 Å². The molecule has 1 atom stereocenters. The molecule has 1 saturated heterocycles. The minimum Gasteiger partial charge on any atom is -0.376 e. The van der Waals surface area contributed by atoms with Gasteiger partial charge in [-0.25, -0.2) is 4.79 Å². The lowest BCUT2D eigenvalue weighted by Gasteiger charge is -2.25. The summed E-state index contributed by atoms with van der Waals surface area (Å²) in [6.07, 6.45) is 4.39. The normalized spacial score (nSPS) is 22.2. The molecule has 0 unspecified atom stereocenters. The molecule has 0 aliphatic carbocycles. The van der Waals surface area contributed by atoms with Crippen molar-refractivity contribution in [2.45, 2.75) is 38.2 Å². The van der Waals surface area contributed by atoms with E-state index in [0.717, 1.165) is 61.3 Å². The summed E-state index contributed by atoms with van der Waals surface area (Å²) in [5.41, 5.74) is 4.20. The average molecular weight is 315 g/mol. The van der Waals surface area contributed by atoms with Crippen LogP contribution in [0.1, 0.15) is 30.4 Å². The predicted molar refractivity (Wildman–Crippen MR) is 86.8 cm³/mol. The fourth-order valence-electron chi connectivity index (χ4n) is 3.72. The first-order chi connectivity index (χ1) is 11.2. The van der Waals surface area contributed by atoms with Crippen molar-refractivity contribution in [3.8, 4) is 0 Å². The number of carbonyl (C=O) groups is 2. The molecule has 1 aromatic rings. The number of rotatable bonds is 3. The van der Waals surface area contributed by atoms with Crippen LogP contribution in [-0.2, 0) is 22.4 Å². The molecule has 1 aromatic carbocycles. The second kappa shape index (κ2) is 5.85. The highest BCUT2D eigenvalue weighted by atomic mass is 16.5. The lowest BCUT2D eigenvalue weighted by molar-refractivity contribution is -0.118. The second-order valence-corrected chi connectivity index (χ2v) is 6.41. The number of carbonyl (C=O) groups excluding carboxylic acids is 2. The Morgan fingerprint density at radius 3 is 2.87 bits per heavy atom. The molecular weight excluding hydrogens is 294 g/mol. The summed E-state index contributed by atoms with van der Waals surface area (Å²) >= 11 is 0. The molecule has 2 N–H and O–H groups in total. The minimum absolute atomic E-state index is 0.140. The molecule has 0 bridgehead atoms. The fourth-order valence-corrected chi connectivity index (χ4v) is 3.72. The third kappa shape index (κ3) is 2.79. The smallest absolute Gasteiger partial charge is 0.319 e. The molecule has 4 rings (SSSR count). The molecule has 0 spiro atoms. The van der Waals surface area contributed by atoms with Crippen LogP contribution in [0.5, 0.6) is 0 Å². The number of urea groups is 1. The van der Waals surface area contributed by atoms with Gasteiger partial charge in [0.05, 0.1) is 11.8 Å².